The second-order valence-electron chi connectivity index (χ2n) is 2.37. The smallest absolute Gasteiger partial charge is 0.252 e. The number of carbonyl (C=O) groups is 1. The van der Waals surface area contributed by atoms with Crippen molar-refractivity contribution >= 4 is 57.7 Å². The number of ketones is 1. The lowest BCUT2D eigenvalue weighted by molar-refractivity contribution is -0.113. The van der Waals surface area contributed by atoms with Crippen molar-refractivity contribution in [2.45, 2.75) is 3.79 Å². The van der Waals surface area contributed by atoms with Crippen LogP contribution in [0, 0.1) is 0 Å². The molecule has 0 amide bonds. The summed E-state index contributed by atoms with van der Waals surface area (Å²) in [5.74, 6) is -0.968. The number of thiophene rings is 1. The molecule has 76 valence electrons. The number of aliphatic hydroxyl groups is 1. The number of alkyl halides is 3. The van der Waals surface area contributed by atoms with Crippen LogP contribution in [0.25, 0.3) is 5.76 Å². The van der Waals surface area contributed by atoms with E-state index in [-0.39, 0.29) is 5.76 Å². The average molecular weight is 272 g/mol. The fraction of sp³-hybridized carbons (Fsp3) is 0.125. The van der Waals surface area contributed by atoms with Gasteiger partial charge in [-0.3, -0.25) is 4.79 Å². The Bertz CT molecular complexity index is 351. The fourth-order valence-electron chi connectivity index (χ4n) is 0.701. The molecule has 0 fully saturated rings. The molecule has 0 radical (unpaired) electrons. The van der Waals surface area contributed by atoms with E-state index in [1.54, 1.807) is 17.5 Å². The quantitative estimate of drug-likeness (QED) is 0.507. The van der Waals surface area contributed by atoms with Gasteiger partial charge < -0.3 is 5.11 Å². The third-order valence-electron chi connectivity index (χ3n) is 1.32. The lowest BCUT2D eigenvalue weighted by Gasteiger charge is -2.05. The monoisotopic (exact) mass is 270 g/mol. The highest BCUT2D eigenvalue weighted by molar-refractivity contribution is 7.11. The van der Waals surface area contributed by atoms with E-state index < -0.39 is 9.58 Å². The second kappa shape index (κ2) is 4.53. The maximum Gasteiger partial charge on any atom is 0.252 e. The molecule has 2 nitrogen and oxygen atoms in total. The van der Waals surface area contributed by atoms with Crippen LogP contribution in [0.4, 0.5) is 0 Å². The first-order valence-electron chi connectivity index (χ1n) is 3.47. The minimum atomic E-state index is -2.02. The molecule has 1 rings (SSSR count). The first-order chi connectivity index (χ1) is 6.41. The molecule has 0 aromatic carbocycles. The zero-order chi connectivity index (χ0) is 10.8. The van der Waals surface area contributed by atoms with Crippen LogP contribution in [0.15, 0.2) is 23.6 Å². The van der Waals surface area contributed by atoms with Crippen LogP contribution in [0.3, 0.4) is 0 Å². The molecule has 0 aliphatic rings. The van der Waals surface area contributed by atoms with Gasteiger partial charge in [0.2, 0.25) is 5.78 Å². The minimum Gasteiger partial charge on any atom is -0.506 e. The molecule has 1 aromatic heterocycles. The highest BCUT2D eigenvalue weighted by atomic mass is 35.6. The predicted octanol–water partition coefficient (Wildman–Crippen LogP) is 3.59. The van der Waals surface area contributed by atoms with E-state index in [0.29, 0.717) is 4.88 Å². The first-order valence-corrected chi connectivity index (χ1v) is 5.48. The van der Waals surface area contributed by atoms with Gasteiger partial charge in [-0.15, -0.1) is 11.3 Å². The molecule has 0 aliphatic heterocycles. The molecule has 1 aromatic rings. The van der Waals surface area contributed by atoms with Gasteiger partial charge in [0, 0.05) is 6.08 Å². The van der Waals surface area contributed by atoms with Crippen LogP contribution >= 0.6 is 46.1 Å². The Morgan fingerprint density at radius 1 is 1.50 bits per heavy atom. The maximum absolute atomic E-state index is 11.1. The molecule has 0 atom stereocenters. The van der Waals surface area contributed by atoms with Gasteiger partial charge in [-0.25, -0.2) is 0 Å². The third-order valence-corrected chi connectivity index (χ3v) is 2.77. The van der Waals surface area contributed by atoms with Crippen molar-refractivity contribution in [1.82, 2.24) is 0 Å². The molecular formula is C8H5Cl3O2S. The van der Waals surface area contributed by atoms with Crippen molar-refractivity contribution in [1.29, 1.82) is 0 Å². The highest BCUT2D eigenvalue weighted by Crippen LogP contribution is 2.29. The molecule has 0 unspecified atom stereocenters. The van der Waals surface area contributed by atoms with Crippen LogP contribution in [0.1, 0.15) is 4.88 Å². The number of aliphatic hydroxyl groups excluding tert-OH is 1. The topological polar surface area (TPSA) is 37.3 Å². The van der Waals surface area contributed by atoms with E-state index in [1.165, 1.54) is 11.3 Å². The van der Waals surface area contributed by atoms with E-state index in [2.05, 4.69) is 0 Å². The van der Waals surface area contributed by atoms with Gasteiger partial charge in [-0.05, 0) is 11.4 Å². The summed E-state index contributed by atoms with van der Waals surface area (Å²) in [5, 5.41) is 11.2. The van der Waals surface area contributed by atoms with E-state index in [1.807, 2.05) is 0 Å². The summed E-state index contributed by atoms with van der Waals surface area (Å²) in [6, 6.07) is 3.39. The summed E-state index contributed by atoms with van der Waals surface area (Å²) in [5.41, 5.74) is 0. The predicted molar refractivity (Wildman–Crippen MR) is 60.2 cm³/mol. The van der Waals surface area contributed by atoms with E-state index in [0.717, 1.165) is 6.08 Å². The van der Waals surface area contributed by atoms with Crippen molar-refractivity contribution in [3.8, 4) is 0 Å². The normalized spacial score (nSPS) is 12.9. The lowest BCUT2D eigenvalue weighted by Crippen LogP contribution is -2.16. The molecule has 0 bridgehead atoms. The number of rotatable bonds is 2. The van der Waals surface area contributed by atoms with Crippen molar-refractivity contribution in [3.63, 3.8) is 0 Å². The van der Waals surface area contributed by atoms with Crippen molar-refractivity contribution < 1.29 is 9.90 Å². The van der Waals surface area contributed by atoms with Crippen LogP contribution in [0.2, 0.25) is 0 Å². The van der Waals surface area contributed by atoms with Gasteiger partial charge in [0.25, 0.3) is 3.79 Å². The Kier molecular flexibility index (Phi) is 3.84. The largest absolute Gasteiger partial charge is 0.506 e. The Morgan fingerprint density at radius 3 is 2.57 bits per heavy atom. The van der Waals surface area contributed by atoms with Crippen molar-refractivity contribution in [2.75, 3.05) is 0 Å². The maximum atomic E-state index is 11.1. The highest BCUT2D eigenvalue weighted by Gasteiger charge is 2.29. The summed E-state index contributed by atoms with van der Waals surface area (Å²) >= 11 is 17.2. The van der Waals surface area contributed by atoms with Gasteiger partial charge in [-0.2, -0.15) is 0 Å². The number of halogens is 3. The zero-order valence-electron chi connectivity index (χ0n) is 6.71. The summed E-state index contributed by atoms with van der Waals surface area (Å²) in [6.07, 6.45) is 0.902. The number of hydrogen-bond donors (Lipinski definition) is 1. The number of hydrogen-bond acceptors (Lipinski definition) is 3. The third kappa shape index (κ3) is 3.17. The van der Waals surface area contributed by atoms with Gasteiger partial charge >= 0.3 is 0 Å². The first kappa shape index (κ1) is 11.9. The van der Waals surface area contributed by atoms with Crippen LogP contribution in [-0.2, 0) is 4.79 Å². The van der Waals surface area contributed by atoms with E-state index in [9.17, 15) is 9.90 Å². The molecule has 0 aliphatic carbocycles. The second-order valence-corrected chi connectivity index (χ2v) is 5.60. The molecule has 1 heterocycles. The summed E-state index contributed by atoms with van der Waals surface area (Å²) < 4.78 is -2.02. The van der Waals surface area contributed by atoms with Gasteiger partial charge in [-0.1, -0.05) is 40.9 Å². The SMILES string of the molecule is O=C(/C=C(\O)c1cccs1)C(Cl)(Cl)Cl. The van der Waals surface area contributed by atoms with Gasteiger partial charge in [0.15, 0.2) is 0 Å². The Morgan fingerprint density at radius 2 is 2.14 bits per heavy atom. The van der Waals surface area contributed by atoms with Crippen molar-refractivity contribution in [2.24, 2.45) is 0 Å². The van der Waals surface area contributed by atoms with E-state index in [4.69, 9.17) is 34.8 Å². The van der Waals surface area contributed by atoms with Gasteiger partial charge in [0.1, 0.15) is 5.76 Å². The Labute approximate surface area is 99.7 Å². The Hall–Kier alpha value is -0.220. The lowest BCUT2D eigenvalue weighted by atomic mass is 10.3. The summed E-state index contributed by atoms with van der Waals surface area (Å²) in [6.45, 7) is 0. The molecule has 0 saturated heterocycles. The molecule has 1 N–H and O–H groups in total. The average Bonchev–Trinajstić information content (AvgIpc) is 2.53. The minimum absolute atomic E-state index is 0.198. The van der Waals surface area contributed by atoms with E-state index >= 15 is 0 Å². The van der Waals surface area contributed by atoms with Crippen molar-refractivity contribution in [3.05, 3.63) is 28.5 Å². The molecule has 0 saturated carbocycles. The summed E-state index contributed by atoms with van der Waals surface area (Å²) in [4.78, 5) is 11.7. The standard InChI is InChI=1S/C8H5Cl3O2S/c9-8(10,11)7(13)4-5(12)6-2-1-3-14-6/h1-4,12H/b5-4-. The molecule has 6 heteroatoms. The molecule has 14 heavy (non-hydrogen) atoms. The molecular weight excluding hydrogens is 267 g/mol. The zero-order valence-corrected chi connectivity index (χ0v) is 9.79. The van der Waals surface area contributed by atoms with Crippen LogP contribution in [-0.4, -0.2) is 14.7 Å². The van der Waals surface area contributed by atoms with Gasteiger partial charge in [0.05, 0.1) is 4.88 Å². The van der Waals surface area contributed by atoms with Crippen LogP contribution in [0.5, 0.6) is 0 Å². The number of carbonyl (C=O) groups excluding carboxylic acids is 1. The molecule has 0 spiro atoms. The fourth-order valence-corrected chi connectivity index (χ4v) is 1.51. The van der Waals surface area contributed by atoms with Crippen LogP contribution < -0.4 is 0 Å². The number of allylic oxidation sites excluding steroid dienone is 1. The Balaban J connectivity index is 2.85. The summed E-state index contributed by atoms with van der Waals surface area (Å²) in [7, 11) is 0.